The first-order valence-electron chi connectivity index (χ1n) is 5.70. The molecule has 1 amide bonds. The first kappa shape index (κ1) is 16.0. The van der Waals surface area contributed by atoms with Crippen molar-refractivity contribution in [2.24, 2.45) is 0 Å². The summed E-state index contributed by atoms with van der Waals surface area (Å²) in [7, 11) is 1.57. The van der Waals surface area contributed by atoms with Crippen molar-refractivity contribution in [1.29, 1.82) is 0 Å². The van der Waals surface area contributed by atoms with E-state index in [1.54, 1.807) is 32.3 Å². The van der Waals surface area contributed by atoms with E-state index < -0.39 is 0 Å². The molecule has 18 heavy (non-hydrogen) atoms. The number of carbonyl (C=O) groups is 1. The highest BCUT2D eigenvalue weighted by atomic mass is 16.5. The topological polar surface area (TPSA) is 38.3 Å². The van der Waals surface area contributed by atoms with Gasteiger partial charge in [0.05, 0.1) is 7.11 Å². The minimum atomic E-state index is -0.202. The number of nitrogens with one attached hydrogen (secondary N) is 1. The minimum Gasteiger partial charge on any atom is -0.497 e. The molecule has 0 bridgehead atoms. The quantitative estimate of drug-likeness (QED) is 0.444. The summed E-state index contributed by atoms with van der Waals surface area (Å²) in [6, 6.07) is 0. The van der Waals surface area contributed by atoms with Gasteiger partial charge in [-0.2, -0.15) is 0 Å². The maximum atomic E-state index is 11.5. The number of methoxy groups -OCH3 is 1. The average Bonchev–Trinajstić information content (AvgIpc) is 2.34. The molecule has 98 valence electrons. The van der Waals surface area contributed by atoms with E-state index in [1.807, 2.05) is 26.0 Å². The second kappa shape index (κ2) is 9.05. The number of hydrogen-bond donors (Lipinski definition) is 1. The van der Waals surface area contributed by atoms with E-state index >= 15 is 0 Å². The molecule has 0 aliphatic rings. The van der Waals surface area contributed by atoms with Crippen LogP contribution in [0.15, 0.2) is 60.1 Å². The van der Waals surface area contributed by atoms with Crippen molar-refractivity contribution in [3.05, 3.63) is 60.1 Å². The van der Waals surface area contributed by atoms with Crippen LogP contribution >= 0.6 is 0 Å². The van der Waals surface area contributed by atoms with Crippen LogP contribution in [0.3, 0.4) is 0 Å². The van der Waals surface area contributed by atoms with Crippen molar-refractivity contribution in [1.82, 2.24) is 5.32 Å². The van der Waals surface area contributed by atoms with Gasteiger partial charge in [0.15, 0.2) is 0 Å². The highest BCUT2D eigenvalue weighted by Gasteiger charge is 1.96. The van der Waals surface area contributed by atoms with Gasteiger partial charge in [0.25, 0.3) is 0 Å². The summed E-state index contributed by atoms with van der Waals surface area (Å²) in [5.41, 5.74) is 1.81. The standard InChI is InChI=1S/C15H21NO2/c1-6-8-13(4)16-15(17)10-9-14(18-5)11-12(3)7-2/h6-11H,1H2,2-5H3,(H,16,17)/b10-9+,12-7-,13-8+,14-11+. The van der Waals surface area contributed by atoms with Crippen LogP contribution in [0, 0.1) is 0 Å². The molecule has 0 unspecified atom stereocenters. The lowest BCUT2D eigenvalue weighted by atomic mass is 10.2. The second-order valence-electron chi connectivity index (χ2n) is 3.69. The minimum absolute atomic E-state index is 0.202. The lowest BCUT2D eigenvalue weighted by Crippen LogP contribution is -2.18. The Hall–Kier alpha value is -2.03. The van der Waals surface area contributed by atoms with Gasteiger partial charge in [0, 0.05) is 11.8 Å². The van der Waals surface area contributed by atoms with Gasteiger partial charge < -0.3 is 10.1 Å². The van der Waals surface area contributed by atoms with Crippen LogP contribution in [-0.4, -0.2) is 13.0 Å². The Morgan fingerprint density at radius 1 is 1.28 bits per heavy atom. The van der Waals surface area contributed by atoms with E-state index in [0.29, 0.717) is 5.76 Å². The molecule has 0 saturated carbocycles. The van der Waals surface area contributed by atoms with Gasteiger partial charge in [-0.05, 0) is 39.0 Å². The fourth-order valence-corrected chi connectivity index (χ4v) is 1.10. The largest absolute Gasteiger partial charge is 0.497 e. The molecule has 0 fully saturated rings. The van der Waals surface area contributed by atoms with Gasteiger partial charge in [-0.1, -0.05) is 24.3 Å². The first-order chi connectivity index (χ1) is 8.53. The summed E-state index contributed by atoms with van der Waals surface area (Å²) in [5.74, 6) is 0.429. The fraction of sp³-hybridized carbons (Fsp3) is 0.267. The summed E-state index contributed by atoms with van der Waals surface area (Å²) in [5, 5.41) is 2.69. The van der Waals surface area contributed by atoms with Crippen LogP contribution in [0.1, 0.15) is 20.8 Å². The summed E-state index contributed by atoms with van der Waals surface area (Å²) in [4.78, 5) is 11.5. The number of rotatable bonds is 6. The van der Waals surface area contributed by atoms with Crippen molar-refractivity contribution in [3.8, 4) is 0 Å². The second-order valence-corrected chi connectivity index (χ2v) is 3.69. The maximum absolute atomic E-state index is 11.5. The molecule has 0 rings (SSSR count). The van der Waals surface area contributed by atoms with Crippen LogP contribution in [0.25, 0.3) is 0 Å². The van der Waals surface area contributed by atoms with Gasteiger partial charge in [-0.25, -0.2) is 0 Å². The van der Waals surface area contributed by atoms with Crippen LogP contribution < -0.4 is 5.32 Å². The Bertz CT molecular complexity index is 412. The molecule has 3 nitrogen and oxygen atoms in total. The predicted molar refractivity (Wildman–Crippen MR) is 75.8 cm³/mol. The lowest BCUT2D eigenvalue weighted by molar-refractivity contribution is -0.115. The maximum Gasteiger partial charge on any atom is 0.248 e. The fourth-order valence-electron chi connectivity index (χ4n) is 1.10. The van der Waals surface area contributed by atoms with Crippen molar-refractivity contribution in [3.63, 3.8) is 0 Å². The van der Waals surface area contributed by atoms with E-state index in [1.165, 1.54) is 6.08 Å². The Labute approximate surface area is 109 Å². The molecule has 3 heteroatoms. The van der Waals surface area contributed by atoms with Gasteiger partial charge in [-0.3, -0.25) is 4.79 Å². The summed E-state index contributed by atoms with van der Waals surface area (Å²) in [6.45, 7) is 9.26. The number of carbonyl (C=O) groups excluding carboxylic acids is 1. The molecule has 0 aromatic rings. The summed E-state index contributed by atoms with van der Waals surface area (Å²) >= 11 is 0. The average molecular weight is 247 g/mol. The molecule has 0 aliphatic carbocycles. The number of ether oxygens (including phenoxy) is 1. The molecule has 0 aromatic carbocycles. The lowest BCUT2D eigenvalue weighted by Gasteiger charge is -2.02. The summed E-state index contributed by atoms with van der Waals surface area (Å²) in [6.07, 6.45) is 10.2. The third-order valence-corrected chi connectivity index (χ3v) is 2.15. The highest BCUT2D eigenvalue weighted by Crippen LogP contribution is 2.04. The molecule has 0 spiro atoms. The molecule has 0 heterocycles. The van der Waals surface area contributed by atoms with Gasteiger partial charge >= 0.3 is 0 Å². The van der Waals surface area contributed by atoms with Crippen LogP contribution in [0.2, 0.25) is 0 Å². The Morgan fingerprint density at radius 2 is 1.94 bits per heavy atom. The Morgan fingerprint density at radius 3 is 2.44 bits per heavy atom. The number of allylic oxidation sites excluding steroid dienone is 7. The smallest absolute Gasteiger partial charge is 0.248 e. The van der Waals surface area contributed by atoms with Gasteiger partial charge in [0.2, 0.25) is 5.91 Å². The third-order valence-electron chi connectivity index (χ3n) is 2.15. The normalized spacial score (nSPS) is 13.7. The van der Waals surface area contributed by atoms with E-state index in [9.17, 15) is 4.79 Å². The van der Waals surface area contributed by atoms with E-state index in [2.05, 4.69) is 11.9 Å². The number of hydrogen-bond acceptors (Lipinski definition) is 2. The van der Waals surface area contributed by atoms with E-state index in [-0.39, 0.29) is 5.91 Å². The van der Waals surface area contributed by atoms with Crippen molar-refractivity contribution in [2.75, 3.05) is 7.11 Å². The molecular formula is C15H21NO2. The molecule has 0 radical (unpaired) electrons. The Balaban J connectivity index is 4.62. The molecular weight excluding hydrogens is 226 g/mol. The van der Waals surface area contributed by atoms with Gasteiger partial charge in [-0.15, -0.1) is 0 Å². The molecule has 0 aliphatic heterocycles. The number of amides is 1. The molecule has 0 atom stereocenters. The third kappa shape index (κ3) is 7.28. The highest BCUT2D eigenvalue weighted by molar-refractivity contribution is 5.89. The molecule has 0 saturated heterocycles. The SMILES string of the molecule is C=C/C=C(\C)NC(=O)/C=C/C(=C\C(C)=C/C)OC. The van der Waals surface area contributed by atoms with E-state index in [0.717, 1.165) is 11.3 Å². The van der Waals surface area contributed by atoms with Gasteiger partial charge in [0.1, 0.15) is 5.76 Å². The van der Waals surface area contributed by atoms with Crippen molar-refractivity contribution in [2.45, 2.75) is 20.8 Å². The van der Waals surface area contributed by atoms with Crippen LogP contribution in [0.5, 0.6) is 0 Å². The van der Waals surface area contributed by atoms with E-state index in [4.69, 9.17) is 4.74 Å². The first-order valence-corrected chi connectivity index (χ1v) is 5.70. The van der Waals surface area contributed by atoms with Crippen LogP contribution in [0.4, 0.5) is 0 Å². The van der Waals surface area contributed by atoms with Crippen molar-refractivity contribution >= 4 is 5.91 Å². The van der Waals surface area contributed by atoms with Crippen molar-refractivity contribution < 1.29 is 9.53 Å². The monoisotopic (exact) mass is 247 g/mol. The Kier molecular flexibility index (Phi) is 8.03. The summed E-state index contributed by atoms with van der Waals surface area (Å²) < 4.78 is 5.15. The zero-order valence-corrected chi connectivity index (χ0v) is 11.5. The predicted octanol–water partition coefficient (Wildman–Crippen LogP) is 3.25. The molecule has 1 N–H and O–H groups in total. The zero-order valence-electron chi connectivity index (χ0n) is 11.5. The van der Waals surface area contributed by atoms with Crippen LogP contribution in [-0.2, 0) is 9.53 Å². The molecule has 0 aromatic heterocycles. The zero-order chi connectivity index (χ0) is 14.0.